The number of hydrogen-bond donors (Lipinski definition) is 1. The van der Waals surface area contributed by atoms with Gasteiger partial charge >= 0.3 is 0 Å². The van der Waals surface area contributed by atoms with Crippen molar-refractivity contribution in [1.29, 1.82) is 0 Å². The van der Waals surface area contributed by atoms with Gasteiger partial charge in [0.1, 0.15) is 12.4 Å². The van der Waals surface area contributed by atoms with Crippen LogP contribution in [0, 0.1) is 0 Å². The normalized spacial score (nSPS) is 10.2. The minimum Gasteiger partial charge on any atom is -0.492 e. The molecule has 0 radical (unpaired) electrons. The summed E-state index contributed by atoms with van der Waals surface area (Å²) in [4.78, 5) is 0. The van der Waals surface area contributed by atoms with E-state index in [0.717, 1.165) is 5.75 Å². The van der Waals surface area contributed by atoms with E-state index in [2.05, 4.69) is 22.9 Å². The lowest BCUT2D eigenvalue weighted by Gasteiger charge is -2.05. The molecule has 0 saturated carbocycles. The van der Waals surface area contributed by atoms with Crippen molar-refractivity contribution < 1.29 is 4.74 Å². The molecule has 0 spiro atoms. The molecule has 0 unspecified atom stereocenters. The third-order valence-corrected chi connectivity index (χ3v) is 2.76. The molecule has 0 saturated heterocycles. The second-order valence-electron chi connectivity index (χ2n) is 3.18. The third kappa shape index (κ3) is 2.58. The highest BCUT2D eigenvalue weighted by atomic mass is 32.1. The predicted molar refractivity (Wildman–Crippen MR) is 64.3 cm³/mol. The first-order chi connectivity index (χ1) is 7.40. The summed E-state index contributed by atoms with van der Waals surface area (Å²) >= 11 is 1.70. The van der Waals surface area contributed by atoms with Crippen LogP contribution in [0.3, 0.4) is 0 Å². The highest BCUT2D eigenvalue weighted by Gasteiger charge is 1.99. The van der Waals surface area contributed by atoms with Crippen molar-refractivity contribution >= 4 is 11.3 Å². The molecule has 1 aromatic carbocycles. The maximum atomic E-state index is 5.47. The van der Waals surface area contributed by atoms with Gasteiger partial charge in [-0.15, -0.1) is 0 Å². The van der Waals surface area contributed by atoms with E-state index in [1.165, 1.54) is 11.1 Å². The van der Waals surface area contributed by atoms with Crippen LogP contribution in [0.1, 0.15) is 0 Å². The molecule has 0 aliphatic heterocycles. The molecule has 0 aliphatic carbocycles. The molecule has 2 aromatic rings. The van der Waals surface area contributed by atoms with Gasteiger partial charge in [0, 0.05) is 6.54 Å². The van der Waals surface area contributed by atoms with Crippen LogP contribution < -0.4 is 10.5 Å². The summed E-state index contributed by atoms with van der Waals surface area (Å²) in [5.41, 5.74) is 7.81. The Bertz CT molecular complexity index is 411. The van der Waals surface area contributed by atoms with E-state index in [-0.39, 0.29) is 0 Å². The number of benzene rings is 1. The highest BCUT2D eigenvalue weighted by molar-refractivity contribution is 7.08. The highest BCUT2D eigenvalue weighted by Crippen LogP contribution is 2.25. The van der Waals surface area contributed by atoms with Crippen LogP contribution in [0.4, 0.5) is 0 Å². The average Bonchev–Trinajstić information content (AvgIpc) is 2.80. The SMILES string of the molecule is NCCOc1cccc(-c2ccsc2)c1. The molecule has 1 heterocycles. The van der Waals surface area contributed by atoms with Gasteiger partial charge in [-0.1, -0.05) is 12.1 Å². The molecular formula is C12H13NOS. The summed E-state index contributed by atoms with van der Waals surface area (Å²) in [5, 5.41) is 4.20. The monoisotopic (exact) mass is 219 g/mol. The van der Waals surface area contributed by atoms with Crippen LogP contribution in [0.25, 0.3) is 11.1 Å². The van der Waals surface area contributed by atoms with Gasteiger partial charge in [-0.3, -0.25) is 0 Å². The molecule has 0 fully saturated rings. The lowest BCUT2D eigenvalue weighted by atomic mass is 10.1. The zero-order chi connectivity index (χ0) is 10.5. The predicted octanol–water partition coefficient (Wildman–Crippen LogP) is 2.75. The minimum absolute atomic E-state index is 0.544. The van der Waals surface area contributed by atoms with Crippen molar-refractivity contribution in [3.8, 4) is 16.9 Å². The first kappa shape index (κ1) is 10.2. The molecule has 2 nitrogen and oxygen atoms in total. The number of thiophene rings is 1. The van der Waals surface area contributed by atoms with Crippen molar-refractivity contribution in [3.63, 3.8) is 0 Å². The van der Waals surface area contributed by atoms with E-state index in [1.807, 2.05) is 18.2 Å². The Labute approximate surface area is 93.3 Å². The summed E-state index contributed by atoms with van der Waals surface area (Å²) < 4.78 is 5.47. The molecule has 1 aromatic heterocycles. The van der Waals surface area contributed by atoms with Crippen molar-refractivity contribution in [1.82, 2.24) is 0 Å². The number of hydrogen-bond acceptors (Lipinski definition) is 3. The maximum Gasteiger partial charge on any atom is 0.119 e. The van der Waals surface area contributed by atoms with Crippen molar-refractivity contribution in [2.75, 3.05) is 13.2 Å². The zero-order valence-electron chi connectivity index (χ0n) is 8.35. The molecule has 2 N–H and O–H groups in total. The van der Waals surface area contributed by atoms with Gasteiger partial charge in [-0.25, -0.2) is 0 Å². The van der Waals surface area contributed by atoms with E-state index < -0.39 is 0 Å². The lowest BCUT2D eigenvalue weighted by molar-refractivity contribution is 0.328. The summed E-state index contributed by atoms with van der Waals surface area (Å²) in [6.45, 7) is 1.11. The Kier molecular flexibility index (Phi) is 3.37. The van der Waals surface area contributed by atoms with Gasteiger partial charge in [-0.2, -0.15) is 11.3 Å². The van der Waals surface area contributed by atoms with E-state index in [4.69, 9.17) is 10.5 Å². The summed E-state index contributed by atoms with van der Waals surface area (Å²) in [7, 11) is 0. The first-order valence-corrected chi connectivity index (χ1v) is 5.80. The van der Waals surface area contributed by atoms with Crippen LogP contribution >= 0.6 is 11.3 Å². The van der Waals surface area contributed by atoms with E-state index >= 15 is 0 Å². The van der Waals surface area contributed by atoms with E-state index in [0.29, 0.717) is 13.2 Å². The van der Waals surface area contributed by atoms with Gasteiger partial charge < -0.3 is 10.5 Å². The Morgan fingerprint density at radius 2 is 2.13 bits per heavy atom. The van der Waals surface area contributed by atoms with Crippen LogP contribution in [-0.4, -0.2) is 13.2 Å². The van der Waals surface area contributed by atoms with Crippen molar-refractivity contribution in [2.45, 2.75) is 0 Å². The van der Waals surface area contributed by atoms with Crippen LogP contribution in [0.15, 0.2) is 41.1 Å². The van der Waals surface area contributed by atoms with Crippen LogP contribution in [0.2, 0.25) is 0 Å². The fourth-order valence-electron chi connectivity index (χ4n) is 1.37. The van der Waals surface area contributed by atoms with Gasteiger partial charge in [0.05, 0.1) is 0 Å². The van der Waals surface area contributed by atoms with Gasteiger partial charge in [0.25, 0.3) is 0 Å². The molecular weight excluding hydrogens is 206 g/mol. The van der Waals surface area contributed by atoms with Gasteiger partial charge in [0.15, 0.2) is 0 Å². The standard InChI is InChI=1S/C12H13NOS/c13-5-6-14-12-3-1-2-10(8-12)11-4-7-15-9-11/h1-4,7-9H,5-6,13H2. The molecule has 3 heteroatoms. The number of rotatable bonds is 4. The fourth-order valence-corrected chi connectivity index (χ4v) is 2.04. The summed E-state index contributed by atoms with van der Waals surface area (Å²) in [6, 6.07) is 10.2. The fraction of sp³-hybridized carbons (Fsp3) is 0.167. The first-order valence-electron chi connectivity index (χ1n) is 4.85. The summed E-state index contributed by atoms with van der Waals surface area (Å²) in [5.74, 6) is 0.879. The second kappa shape index (κ2) is 4.96. The molecule has 0 aliphatic rings. The molecule has 2 rings (SSSR count). The average molecular weight is 219 g/mol. The van der Waals surface area contributed by atoms with Gasteiger partial charge in [-0.05, 0) is 40.1 Å². The molecule has 0 atom stereocenters. The smallest absolute Gasteiger partial charge is 0.119 e. The van der Waals surface area contributed by atoms with Crippen molar-refractivity contribution in [3.05, 3.63) is 41.1 Å². The maximum absolute atomic E-state index is 5.47. The largest absolute Gasteiger partial charge is 0.492 e. The van der Waals surface area contributed by atoms with Crippen LogP contribution in [-0.2, 0) is 0 Å². The Morgan fingerprint density at radius 3 is 2.87 bits per heavy atom. The van der Waals surface area contributed by atoms with Gasteiger partial charge in [0.2, 0.25) is 0 Å². The Morgan fingerprint density at radius 1 is 1.20 bits per heavy atom. The summed E-state index contributed by atoms with van der Waals surface area (Å²) in [6.07, 6.45) is 0. The minimum atomic E-state index is 0.544. The zero-order valence-corrected chi connectivity index (χ0v) is 9.17. The van der Waals surface area contributed by atoms with Crippen LogP contribution in [0.5, 0.6) is 5.75 Å². The molecule has 0 bridgehead atoms. The van der Waals surface area contributed by atoms with E-state index in [9.17, 15) is 0 Å². The number of nitrogens with two attached hydrogens (primary N) is 1. The Balaban J connectivity index is 2.19. The molecule has 0 amide bonds. The molecule has 15 heavy (non-hydrogen) atoms. The van der Waals surface area contributed by atoms with E-state index in [1.54, 1.807) is 11.3 Å². The molecule has 78 valence electrons. The van der Waals surface area contributed by atoms with Crippen molar-refractivity contribution in [2.24, 2.45) is 5.73 Å². The number of ether oxygens (including phenoxy) is 1. The second-order valence-corrected chi connectivity index (χ2v) is 3.96. The quantitative estimate of drug-likeness (QED) is 0.858. The Hall–Kier alpha value is -1.32. The third-order valence-electron chi connectivity index (χ3n) is 2.08. The lowest BCUT2D eigenvalue weighted by Crippen LogP contribution is -2.10. The topological polar surface area (TPSA) is 35.2 Å².